The topological polar surface area (TPSA) is 43.8 Å². The molecule has 2 rings (SSSR count). The highest BCUT2D eigenvalue weighted by atomic mass is 16.4. The second-order valence-electron chi connectivity index (χ2n) is 4.76. The molecule has 0 aromatic carbocycles. The second-order valence-corrected chi connectivity index (χ2v) is 4.76. The minimum Gasteiger partial charge on any atom is -0.465 e. The summed E-state index contributed by atoms with van der Waals surface area (Å²) in [5.41, 5.74) is 0. The van der Waals surface area contributed by atoms with Crippen LogP contribution in [0.3, 0.4) is 0 Å². The normalized spacial score (nSPS) is 29.7. The summed E-state index contributed by atoms with van der Waals surface area (Å²) in [5.74, 6) is 0. The molecule has 0 spiro atoms. The molecule has 1 aliphatic carbocycles. The first-order valence-electron chi connectivity index (χ1n) is 5.92. The number of hydrogen-bond donors (Lipinski definition) is 1. The van der Waals surface area contributed by atoms with Crippen LogP contribution in [-0.4, -0.2) is 52.7 Å². The highest BCUT2D eigenvalue weighted by Gasteiger charge is 2.31. The number of carbonyl (C=O) groups is 1. The van der Waals surface area contributed by atoms with Gasteiger partial charge >= 0.3 is 6.09 Å². The van der Waals surface area contributed by atoms with Crippen molar-refractivity contribution < 1.29 is 9.90 Å². The van der Waals surface area contributed by atoms with Crippen molar-refractivity contribution in [1.29, 1.82) is 0 Å². The lowest BCUT2D eigenvalue weighted by Crippen LogP contribution is -2.55. The lowest BCUT2D eigenvalue weighted by Gasteiger charge is -2.41. The van der Waals surface area contributed by atoms with Crippen molar-refractivity contribution >= 4 is 6.09 Å². The number of piperazine rings is 1. The molecule has 4 nitrogen and oxygen atoms in total. The molecule has 4 heteroatoms. The molecule has 1 saturated heterocycles. The smallest absolute Gasteiger partial charge is 0.407 e. The number of carboxylic acid groups (broad SMARTS) is 1. The molecule has 0 bridgehead atoms. The summed E-state index contributed by atoms with van der Waals surface area (Å²) in [6, 6.07) is 0.875. The second kappa shape index (κ2) is 4.39. The summed E-state index contributed by atoms with van der Waals surface area (Å²) in [6.07, 6.45) is 4.53. The molecule has 1 amide bonds. The summed E-state index contributed by atoms with van der Waals surface area (Å²) in [5, 5.41) is 8.97. The molecule has 1 atom stereocenters. The van der Waals surface area contributed by atoms with E-state index < -0.39 is 6.09 Å². The Hall–Kier alpha value is -0.770. The van der Waals surface area contributed by atoms with Gasteiger partial charge in [-0.1, -0.05) is 12.8 Å². The Labute approximate surface area is 90.9 Å². The van der Waals surface area contributed by atoms with Crippen LogP contribution in [0.25, 0.3) is 0 Å². The van der Waals surface area contributed by atoms with Crippen LogP contribution in [0, 0.1) is 0 Å². The predicted octanol–water partition coefficient (Wildman–Crippen LogP) is 1.61. The van der Waals surface area contributed by atoms with Crippen molar-refractivity contribution in [2.24, 2.45) is 0 Å². The van der Waals surface area contributed by atoms with Crippen molar-refractivity contribution in [3.63, 3.8) is 0 Å². The van der Waals surface area contributed by atoms with Crippen molar-refractivity contribution in [3.05, 3.63) is 0 Å². The van der Waals surface area contributed by atoms with E-state index in [-0.39, 0.29) is 6.04 Å². The summed E-state index contributed by atoms with van der Waals surface area (Å²) in [6.45, 7) is 4.51. The van der Waals surface area contributed by atoms with Gasteiger partial charge in [0.1, 0.15) is 0 Å². The van der Waals surface area contributed by atoms with Crippen LogP contribution in [0.4, 0.5) is 4.79 Å². The Balaban J connectivity index is 1.90. The maximum atomic E-state index is 10.9. The van der Waals surface area contributed by atoms with Gasteiger partial charge in [0.2, 0.25) is 0 Å². The van der Waals surface area contributed by atoms with Gasteiger partial charge in [0.25, 0.3) is 0 Å². The van der Waals surface area contributed by atoms with Crippen LogP contribution < -0.4 is 0 Å². The van der Waals surface area contributed by atoms with E-state index in [2.05, 4.69) is 4.90 Å². The van der Waals surface area contributed by atoms with Crippen LogP contribution in [0.5, 0.6) is 0 Å². The largest absolute Gasteiger partial charge is 0.465 e. The maximum absolute atomic E-state index is 10.9. The van der Waals surface area contributed by atoms with Gasteiger partial charge in [-0.15, -0.1) is 0 Å². The highest BCUT2D eigenvalue weighted by molar-refractivity contribution is 5.65. The van der Waals surface area contributed by atoms with Crippen LogP contribution in [0.15, 0.2) is 0 Å². The Morgan fingerprint density at radius 1 is 1.27 bits per heavy atom. The summed E-state index contributed by atoms with van der Waals surface area (Å²) >= 11 is 0. The molecule has 1 N–H and O–H groups in total. The summed E-state index contributed by atoms with van der Waals surface area (Å²) in [7, 11) is 0. The lowest BCUT2D eigenvalue weighted by atomic mass is 10.1. The van der Waals surface area contributed by atoms with Crippen LogP contribution in [-0.2, 0) is 0 Å². The SMILES string of the molecule is CC1CN(C2CCCC2)CCN1C(=O)O. The summed E-state index contributed by atoms with van der Waals surface area (Å²) in [4.78, 5) is 14.9. The number of nitrogens with zero attached hydrogens (tertiary/aromatic N) is 2. The molecule has 2 aliphatic rings. The van der Waals surface area contributed by atoms with Gasteiger partial charge < -0.3 is 10.0 Å². The molecule has 86 valence electrons. The molecule has 0 aromatic rings. The fourth-order valence-corrected chi connectivity index (χ4v) is 2.87. The maximum Gasteiger partial charge on any atom is 0.407 e. The first-order chi connectivity index (χ1) is 7.18. The van der Waals surface area contributed by atoms with E-state index >= 15 is 0 Å². The monoisotopic (exact) mass is 212 g/mol. The van der Waals surface area contributed by atoms with E-state index in [1.807, 2.05) is 6.92 Å². The van der Waals surface area contributed by atoms with E-state index in [9.17, 15) is 4.79 Å². The molecule has 0 aromatic heterocycles. The Morgan fingerprint density at radius 2 is 1.93 bits per heavy atom. The average Bonchev–Trinajstić information content (AvgIpc) is 2.69. The molecule has 1 unspecified atom stereocenters. The Kier molecular flexibility index (Phi) is 3.14. The van der Waals surface area contributed by atoms with Crippen molar-refractivity contribution in [2.75, 3.05) is 19.6 Å². The fraction of sp³-hybridized carbons (Fsp3) is 0.909. The highest BCUT2D eigenvalue weighted by Crippen LogP contribution is 2.25. The zero-order chi connectivity index (χ0) is 10.8. The Morgan fingerprint density at radius 3 is 2.47 bits per heavy atom. The minimum atomic E-state index is -0.770. The third-order valence-electron chi connectivity index (χ3n) is 3.75. The lowest BCUT2D eigenvalue weighted by molar-refractivity contribution is 0.0551. The van der Waals surface area contributed by atoms with Gasteiger partial charge in [-0.3, -0.25) is 4.90 Å². The number of hydrogen-bond acceptors (Lipinski definition) is 2. The van der Waals surface area contributed by atoms with Gasteiger partial charge in [0.05, 0.1) is 0 Å². The van der Waals surface area contributed by atoms with E-state index in [0.29, 0.717) is 6.54 Å². The minimum absolute atomic E-state index is 0.150. The third kappa shape index (κ3) is 2.25. The van der Waals surface area contributed by atoms with E-state index in [4.69, 9.17) is 5.11 Å². The first kappa shape index (κ1) is 10.7. The average molecular weight is 212 g/mol. The van der Waals surface area contributed by atoms with Crippen molar-refractivity contribution in [1.82, 2.24) is 9.80 Å². The van der Waals surface area contributed by atoms with Gasteiger partial charge in [-0.05, 0) is 19.8 Å². The van der Waals surface area contributed by atoms with Gasteiger partial charge in [0, 0.05) is 31.7 Å². The van der Waals surface area contributed by atoms with Gasteiger partial charge in [0.15, 0.2) is 0 Å². The Bertz CT molecular complexity index is 239. The standard InChI is InChI=1S/C11H20N2O2/c1-9-8-12(10-4-2-3-5-10)6-7-13(9)11(14)15/h9-10H,2-8H2,1H3,(H,14,15). The van der Waals surface area contributed by atoms with Gasteiger partial charge in [-0.2, -0.15) is 0 Å². The predicted molar refractivity (Wildman–Crippen MR) is 58.0 cm³/mol. The van der Waals surface area contributed by atoms with Crippen LogP contribution >= 0.6 is 0 Å². The van der Waals surface area contributed by atoms with E-state index in [1.54, 1.807) is 4.90 Å². The zero-order valence-electron chi connectivity index (χ0n) is 9.35. The third-order valence-corrected chi connectivity index (χ3v) is 3.75. The molecule has 0 radical (unpaired) electrons. The van der Waals surface area contributed by atoms with Gasteiger partial charge in [-0.25, -0.2) is 4.79 Å². The molecular formula is C11H20N2O2. The zero-order valence-corrected chi connectivity index (χ0v) is 9.35. The number of rotatable bonds is 1. The summed E-state index contributed by atoms with van der Waals surface area (Å²) < 4.78 is 0. The molecule has 2 fully saturated rings. The molecule has 15 heavy (non-hydrogen) atoms. The van der Waals surface area contributed by atoms with E-state index in [1.165, 1.54) is 25.7 Å². The first-order valence-corrected chi connectivity index (χ1v) is 5.92. The van der Waals surface area contributed by atoms with Crippen LogP contribution in [0.1, 0.15) is 32.6 Å². The fourth-order valence-electron chi connectivity index (χ4n) is 2.87. The quantitative estimate of drug-likeness (QED) is 0.718. The van der Waals surface area contributed by atoms with E-state index in [0.717, 1.165) is 19.1 Å². The van der Waals surface area contributed by atoms with Crippen molar-refractivity contribution in [3.8, 4) is 0 Å². The van der Waals surface area contributed by atoms with Crippen molar-refractivity contribution in [2.45, 2.75) is 44.7 Å². The number of amides is 1. The molecule has 1 heterocycles. The van der Waals surface area contributed by atoms with Crippen LogP contribution in [0.2, 0.25) is 0 Å². The molecule has 1 saturated carbocycles. The molecular weight excluding hydrogens is 192 g/mol. The molecule has 1 aliphatic heterocycles.